The maximum Gasteiger partial charge on any atom is 0.0588 e. The predicted octanol–water partition coefficient (Wildman–Crippen LogP) is 1.80. The van der Waals surface area contributed by atoms with Gasteiger partial charge in [0, 0.05) is 19.2 Å². The summed E-state index contributed by atoms with van der Waals surface area (Å²) in [6, 6.07) is 0.651. The van der Waals surface area contributed by atoms with Crippen LogP contribution in [0.25, 0.3) is 0 Å². The third-order valence-electron chi connectivity index (χ3n) is 2.87. The lowest BCUT2D eigenvalue weighted by Gasteiger charge is -2.17. The van der Waals surface area contributed by atoms with Gasteiger partial charge in [0.1, 0.15) is 0 Å². The molecule has 0 aromatic rings. The molecule has 0 spiro atoms. The van der Waals surface area contributed by atoms with E-state index in [2.05, 4.69) is 26.1 Å². The molecule has 1 aliphatic heterocycles. The molecule has 1 saturated heterocycles. The monoisotopic (exact) mass is 171 g/mol. The molecule has 0 radical (unpaired) electrons. The molecule has 2 heteroatoms. The molecule has 1 aliphatic rings. The highest BCUT2D eigenvalue weighted by atomic mass is 16.5. The van der Waals surface area contributed by atoms with Crippen LogP contribution in [0.5, 0.6) is 0 Å². The molecular formula is C10H21NO. The molecular weight excluding hydrogens is 150 g/mol. The van der Waals surface area contributed by atoms with Crippen molar-refractivity contribution in [1.29, 1.82) is 0 Å². The molecule has 12 heavy (non-hydrogen) atoms. The Hall–Kier alpha value is -0.0800. The van der Waals surface area contributed by atoms with Gasteiger partial charge in [-0.15, -0.1) is 0 Å². The summed E-state index contributed by atoms with van der Waals surface area (Å²) in [4.78, 5) is 0. The van der Waals surface area contributed by atoms with Gasteiger partial charge < -0.3 is 10.1 Å². The fourth-order valence-corrected chi connectivity index (χ4v) is 1.54. The first-order chi connectivity index (χ1) is 5.74. The maximum atomic E-state index is 5.49. The molecule has 2 nitrogen and oxygen atoms in total. The fraction of sp³-hybridized carbons (Fsp3) is 1.00. The Bertz CT molecular complexity index is 127. The molecule has 0 saturated carbocycles. The van der Waals surface area contributed by atoms with Gasteiger partial charge in [0.25, 0.3) is 0 Å². The summed E-state index contributed by atoms with van der Waals surface area (Å²) in [5, 5.41) is 3.52. The first kappa shape index (κ1) is 10.0. The Morgan fingerprint density at radius 3 is 2.83 bits per heavy atom. The highest BCUT2D eigenvalue weighted by Gasteiger charge is 2.23. The van der Waals surface area contributed by atoms with Crippen molar-refractivity contribution in [2.45, 2.75) is 45.8 Å². The summed E-state index contributed by atoms with van der Waals surface area (Å²) in [6.45, 7) is 8.70. The lowest BCUT2D eigenvalue weighted by molar-refractivity contribution is 0.105. The van der Waals surface area contributed by atoms with Gasteiger partial charge in [-0.05, 0) is 32.6 Å². The Morgan fingerprint density at radius 2 is 2.33 bits per heavy atom. The van der Waals surface area contributed by atoms with Crippen LogP contribution < -0.4 is 5.32 Å². The quantitative estimate of drug-likeness (QED) is 0.696. The number of ether oxygens (including phenoxy) is 1. The fourth-order valence-electron chi connectivity index (χ4n) is 1.54. The Balaban J connectivity index is 2.13. The van der Waals surface area contributed by atoms with E-state index >= 15 is 0 Å². The second-order valence-corrected chi connectivity index (χ2v) is 3.84. The van der Waals surface area contributed by atoms with Gasteiger partial charge in [-0.1, -0.05) is 6.92 Å². The Morgan fingerprint density at radius 1 is 1.58 bits per heavy atom. The largest absolute Gasteiger partial charge is 0.378 e. The third kappa shape index (κ3) is 2.76. The van der Waals surface area contributed by atoms with Crippen molar-refractivity contribution in [2.24, 2.45) is 5.92 Å². The summed E-state index contributed by atoms with van der Waals surface area (Å²) >= 11 is 0. The van der Waals surface area contributed by atoms with Crippen molar-refractivity contribution >= 4 is 0 Å². The molecule has 72 valence electrons. The van der Waals surface area contributed by atoms with E-state index in [0.29, 0.717) is 12.1 Å². The standard InChI is InChI=1S/C10H21NO/c1-4-8(2)11-7-10-5-6-12-9(10)3/h8-11H,4-7H2,1-3H3. The first-order valence-corrected chi connectivity index (χ1v) is 5.09. The zero-order valence-electron chi connectivity index (χ0n) is 8.47. The van der Waals surface area contributed by atoms with Gasteiger partial charge in [-0.3, -0.25) is 0 Å². The molecule has 1 rings (SSSR count). The Kier molecular flexibility index (Phi) is 4.02. The molecule has 0 bridgehead atoms. The second kappa shape index (κ2) is 4.83. The van der Waals surface area contributed by atoms with Crippen molar-refractivity contribution in [2.75, 3.05) is 13.2 Å². The summed E-state index contributed by atoms with van der Waals surface area (Å²) in [5.41, 5.74) is 0. The van der Waals surface area contributed by atoms with Crippen LogP contribution in [-0.2, 0) is 4.74 Å². The molecule has 3 unspecified atom stereocenters. The van der Waals surface area contributed by atoms with E-state index in [0.717, 1.165) is 19.1 Å². The van der Waals surface area contributed by atoms with Crippen molar-refractivity contribution in [3.05, 3.63) is 0 Å². The van der Waals surface area contributed by atoms with Crippen LogP contribution in [0.4, 0.5) is 0 Å². The van der Waals surface area contributed by atoms with Crippen LogP contribution in [-0.4, -0.2) is 25.3 Å². The molecule has 0 aliphatic carbocycles. The SMILES string of the molecule is CCC(C)NCC1CCOC1C. The van der Waals surface area contributed by atoms with E-state index in [9.17, 15) is 0 Å². The molecule has 1 heterocycles. The number of hydrogen-bond acceptors (Lipinski definition) is 2. The third-order valence-corrected chi connectivity index (χ3v) is 2.87. The minimum atomic E-state index is 0.460. The van der Waals surface area contributed by atoms with Crippen LogP contribution in [0.1, 0.15) is 33.6 Å². The molecule has 0 aromatic heterocycles. The normalized spacial score (nSPS) is 32.2. The van der Waals surface area contributed by atoms with Crippen molar-refractivity contribution in [1.82, 2.24) is 5.32 Å². The molecule has 0 aromatic carbocycles. The topological polar surface area (TPSA) is 21.3 Å². The van der Waals surface area contributed by atoms with E-state index < -0.39 is 0 Å². The summed E-state index contributed by atoms with van der Waals surface area (Å²) in [5.74, 6) is 0.735. The van der Waals surface area contributed by atoms with Crippen LogP contribution >= 0.6 is 0 Å². The molecule has 1 N–H and O–H groups in total. The van der Waals surface area contributed by atoms with Gasteiger partial charge in [-0.25, -0.2) is 0 Å². The lowest BCUT2D eigenvalue weighted by Crippen LogP contribution is -2.33. The average Bonchev–Trinajstić information content (AvgIpc) is 2.47. The van der Waals surface area contributed by atoms with E-state index in [-0.39, 0.29) is 0 Å². The number of rotatable bonds is 4. The second-order valence-electron chi connectivity index (χ2n) is 3.84. The highest BCUT2D eigenvalue weighted by Crippen LogP contribution is 2.19. The van der Waals surface area contributed by atoms with Crippen LogP contribution in [0.2, 0.25) is 0 Å². The van der Waals surface area contributed by atoms with Gasteiger partial charge >= 0.3 is 0 Å². The summed E-state index contributed by atoms with van der Waals surface area (Å²) in [6.07, 6.45) is 2.90. The van der Waals surface area contributed by atoms with Crippen molar-refractivity contribution in [3.8, 4) is 0 Å². The van der Waals surface area contributed by atoms with Crippen molar-refractivity contribution in [3.63, 3.8) is 0 Å². The minimum Gasteiger partial charge on any atom is -0.378 e. The maximum absolute atomic E-state index is 5.49. The highest BCUT2D eigenvalue weighted by molar-refractivity contribution is 4.75. The van der Waals surface area contributed by atoms with E-state index in [1.54, 1.807) is 0 Å². The van der Waals surface area contributed by atoms with E-state index in [1.165, 1.54) is 12.8 Å². The van der Waals surface area contributed by atoms with Gasteiger partial charge in [-0.2, -0.15) is 0 Å². The molecule has 3 atom stereocenters. The zero-order valence-corrected chi connectivity index (χ0v) is 8.47. The smallest absolute Gasteiger partial charge is 0.0588 e. The van der Waals surface area contributed by atoms with E-state index in [4.69, 9.17) is 4.74 Å². The molecule has 0 amide bonds. The van der Waals surface area contributed by atoms with Gasteiger partial charge in [0.2, 0.25) is 0 Å². The number of nitrogens with one attached hydrogen (secondary N) is 1. The predicted molar refractivity (Wildman–Crippen MR) is 51.3 cm³/mol. The van der Waals surface area contributed by atoms with Crippen LogP contribution in [0, 0.1) is 5.92 Å². The average molecular weight is 171 g/mol. The van der Waals surface area contributed by atoms with E-state index in [1.807, 2.05) is 0 Å². The first-order valence-electron chi connectivity index (χ1n) is 5.09. The lowest BCUT2D eigenvalue weighted by atomic mass is 10.0. The van der Waals surface area contributed by atoms with Crippen molar-refractivity contribution < 1.29 is 4.74 Å². The summed E-state index contributed by atoms with van der Waals surface area (Å²) < 4.78 is 5.49. The van der Waals surface area contributed by atoms with Gasteiger partial charge in [0.15, 0.2) is 0 Å². The number of hydrogen-bond donors (Lipinski definition) is 1. The minimum absolute atomic E-state index is 0.460. The molecule has 1 fully saturated rings. The van der Waals surface area contributed by atoms with Crippen LogP contribution in [0.15, 0.2) is 0 Å². The van der Waals surface area contributed by atoms with Crippen LogP contribution in [0.3, 0.4) is 0 Å². The summed E-state index contributed by atoms with van der Waals surface area (Å²) in [7, 11) is 0. The van der Waals surface area contributed by atoms with Gasteiger partial charge in [0.05, 0.1) is 6.10 Å². The zero-order chi connectivity index (χ0) is 8.97. The Labute approximate surface area is 75.7 Å².